The lowest BCUT2D eigenvalue weighted by molar-refractivity contribution is -0.129. The summed E-state index contributed by atoms with van der Waals surface area (Å²) in [6.45, 7) is 3.94. The summed E-state index contributed by atoms with van der Waals surface area (Å²) in [6, 6.07) is 11.1. The molecule has 2 aromatic carbocycles. The van der Waals surface area contributed by atoms with Gasteiger partial charge in [-0.05, 0) is 38.8 Å². The highest BCUT2D eigenvalue weighted by Gasteiger charge is 2.72. The van der Waals surface area contributed by atoms with Crippen molar-refractivity contribution < 1.29 is 14.3 Å². The van der Waals surface area contributed by atoms with Gasteiger partial charge in [0, 0.05) is 15.8 Å². The van der Waals surface area contributed by atoms with Gasteiger partial charge in [0.25, 0.3) is 0 Å². The molecule has 3 aliphatic rings. The monoisotopic (exact) mass is 355 g/mol. The molecule has 2 bridgehead atoms. The molecule has 3 heterocycles. The van der Waals surface area contributed by atoms with Crippen molar-refractivity contribution in [1.29, 1.82) is 0 Å². The first-order valence-electron chi connectivity index (χ1n) is 8.61. The highest BCUT2D eigenvalue weighted by atomic mass is 35.5. The maximum atomic E-state index is 13.3. The Kier molecular flexibility index (Phi) is 2.84. The summed E-state index contributed by atoms with van der Waals surface area (Å²) < 4.78 is 6.16. The molecular weight excluding hydrogens is 338 g/mol. The van der Waals surface area contributed by atoms with Gasteiger partial charge in [-0.3, -0.25) is 9.59 Å². The van der Waals surface area contributed by atoms with E-state index in [1.807, 2.05) is 50.2 Å². The van der Waals surface area contributed by atoms with Crippen molar-refractivity contribution in [1.82, 2.24) is 0 Å². The van der Waals surface area contributed by atoms with E-state index in [0.29, 0.717) is 10.7 Å². The quantitative estimate of drug-likeness (QED) is 0.728. The average Bonchev–Trinajstić information content (AvgIpc) is 3.12. The van der Waals surface area contributed by atoms with Crippen LogP contribution in [-0.4, -0.2) is 23.0 Å². The number of hydrogen-bond acceptors (Lipinski definition) is 3. The molecule has 4 atom stereocenters. The van der Waals surface area contributed by atoms with Gasteiger partial charge in [-0.15, -0.1) is 0 Å². The summed E-state index contributed by atoms with van der Waals surface area (Å²) in [6.07, 6.45) is 1.64. The predicted octanol–water partition coefficient (Wildman–Crippen LogP) is 3.94. The molecule has 2 aromatic rings. The lowest BCUT2D eigenvalue weighted by Crippen LogP contribution is -2.40. The number of ether oxygens (including phenoxy) is 1. The second kappa shape index (κ2) is 4.63. The van der Waals surface area contributed by atoms with Crippen LogP contribution in [0.3, 0.4) is 0 Å². The van der Waals surface area contributed by atoms with Crippen LogP contribution < -0.4 is 4.90 Å². The summed E-state index contributed by atoms with van der Waals surface area (Å²) in [5.74, 6) is -1.08. The molecule has 0 radical (unpaired) electrons. The maximum Gasteiger partial charge on any atom is 0.240 e. The number of fused-ring (bicyclic) bond motifs is 6. The largest absolute Gasteiger partial charge is 0.367 e. The molecule has 0 saturated carbocycles. The second-order valence-electron chi connectivity index (χ2n) is 7.81. The van der Waals surface area contributed by atoms with Crippen molar-refractivity contribution in [3.05, 3.63) is 41.4 Å². The summed E-state index contributed by atoms with van der Waals surface area (Å²) in [5.41, 5.74) is -0.456. The Balaban J connectivity index is 1.69. The van der Waals surface area contributed by atoms with E-state index >= 15 is 0 Å². The Bertz CT molecular complexity index is 923. The van der Waals surface area contributed by atoms with Crippen LogP contribution in [0, 0.1) is 11.8 Å². The van der Waals surface area contributed by atoms with Gasteiger partial charge >= 0.3 is 0 Å². The van der Waals surface area contributed by atoms with E-state index in [1.54, 1.807) is 0 Å². The summed E-state index contributed by atoms with van der Waals surface area (Å²) in [5, 5.41) is 2.28. The minimum Gasteiger partial charge on any atom is -0.367 e. The Morgan fingerprint density at radius 2 is 1.52 bits per heavy atom. The molecule has 0 spiro atoms. The Morgan fingerprint density at radius 3 is 2.16 bits per heavy atom. The molecule has 4 nitrogen and oxygen atoms in total. The van der Waals surface area contributed by atoms with Crippen LogP contribution in [-0.2, 0) is 14.3 Å². The third-order valence-corrected chi connectivity index (χ3v) is 6.62. The van der Waals surface area contributed by atoms with Crippen LogP contribution in [0.25, 0.3) is 10.8 Å². The lowest BCUT2D eigenvalue weighted by Gasteiger charge is -2.27. The number of anilines is 1. The van der Waals surface area contributed by atoms with Crippen molar-refractivity contribution in [2.24, 2.45) is 11.8 Å². The van der Waals surface area contributed by atoms with Gasteiger partial charge in [-0.2, -0.15) is 0 Å². The molecule has 5 heteroatoms. The van der Waals surface area contributed by atoms with E-state index < -0.39 is 23.0 Å². The molecule has 5 rings (SSSR count). The highest BCUT2D eigenvalue weighted by Crippen LogP contribution is 2.61. The van der Waals surface area contributed by atoms with Gasteiger partial charge < -0.3 is 4.74 Å². The normalized spacial score (nSPS) is 36.5. The molecule has 2 unspecified atom stereocenters. The SMILES string of the molecule is CC12CCC(C)(O1)[C@H]1C(=O)N(c3cccc4c(Cl)cccc34)C(=O)[C@H]12. The molecule has 0 aromatic heterocycles. The minimum atomic E-state index is -0.539. The zero-order valence-corrected chi connectivity index (χ0v) is 14.8. The summed E-state index contributed by atoms with van der Waals surface area (Å²) >= 11 is 6.30. The minimum absolute atomic E-state index is 0.145. The fourth-order valence-electron chi connectivity index (χ4n) is 5.16. The lowest BCUT2D eigenvalue weighted by atomic mass is 9.69. The maximum absolute atomic E-state index is 13.3. The molecule has 0 N–H and O–H groups in total. The smallest absolute Gasteiger partial charge is 0.240 e. The first-order valence-corrected chi connectivity index (χ1v) is 8.99. The van der Waals surface area contributed by atoms with Gasteiger partial charge in [0.05, 0.1) is 28.7 Å². The van der Waals surface area contributed by atoms with Crippen LogP contribution in [0.2, 0.25) is 5.02 Å². The van der Waals surface area contributed by atoms with E-state index in [2.05, 4.69) is 0 Å². The van der Waals surface area contributed by atoms with Crippen molar-refractivity contribution in [3.8, 4) is 0 Å². The molecule has 3 fully saturated rings. The number of imide groups is 1. The van der Waals surface area contributed by atoms with Gasteiger partial charge in [-0.25, -0.2) is 4.90 Å². The standard InChI is InChI=1S/C20H18ClNO3/c1-19-9-10-20(2,25-19)16-15(19)17(23)22(18(16)24)14-8-4-5-11-12(14)6-3-7-13(11)21/h3-8,15-16H,9-10H2,1-2H3/t15-,16+,19?,20?. The van der Waals surface area contributed by atoms with Crippen molar-refractivity contribution in [3.63, 3.8) is 0 Å². The van der Waals surface area contributed by atoms with Crippen molar-refractivity contribution in [2.75, 3.05) is 4.90 Å². The highest BCUT2D eigenvalue weighted by molar-refractivity contribution is 6.36. The van der Waals surface area contributed by atoms with Crippen LogP contribution in [0.5, 0.6) is 0 Å². The first-order chi connectivity index (χ1) is 11.9. The number of carbonyl (C=O) groups excluding carboxylic acids is 2. The van der Waals surface area contributed by atoms with Gasteiger partial charge in [0.1, 0.15) is 0 Å². The number of rotatable bonds is 1. The predicted molar refractivity (Wildman–Crippen MR) is 95.6 cm³/mol. The third kappa shape index (κ3) is 1.76. The molecule has 2 amide bonds. The van der Waals surface area contributed by atoms with E-state index in [-0.39, 0.29) is 11.8 Å². The number of halogens is 1. The van der Waals surface area contributed by atoms with E-state index in [0.717, 1.165) is 23.6 Å². The third-order valence-electron chi connectivity index (χ3n) is 6.29. The average molecular weight is 356 g/mol. The first kappa shape index (κ1) is 15.4. The van der Waals surface area contributed by atoms with E-state index in [4.69, 9.17) is 16.3 Å². The van der Waals surface area contributed by atoms with Gasteiger partial charge in [-0.1, -0.05) is 35.9 Å². The van der Waals surface area contributed by atoms with E-state index in [1.165, 1.54) is 4.90 Å². The number of nitrogens with zero attached hydrogens (tertiary/aromatic N) is 1. The van der Waals surface area contributed by atoms with Crippen LogP contribution in [0.4, 0.5) is 5.69 Å². The van der Waals surface area contributed by atoms with E-state index in [9.17, 15) is 9.59 Å². The molecule has 25 heavy (non-hydrogen) atoms. The number of benzene rings is 2. The fourth-order valence-corrected chi connectivity index (χ4v) is 5.39. The van der Waals surface area contributed by atoms with Gasteiger partial charge in [0.2, 0.25) is 11.8 Å². The molecule has 128 valence electrons. The topological polar surface area (TPSA) is 46.6 Å². The molecule has 0 aliphatic carbocycles. The molecule has 3 aliphatic heterocycles. The Morgan fingerprint density at radius 1 is 0.960 bits per heavy atom. The van der Waals surface area contributed by atoms with Crippen LogP contribution in [0.1, 0.15) is 26.7 Å². The second-order valence-corrected chi connectivity index (χ2v) is 8.21. The molecule has 3 saturated heterocycles. The summed E-state index contributed by atoms with van der Waals surface area (Å²) in [7, 11) is 0. The zero-order chi connectivity index (χ0) is 17.6. The number of amides is 2. The van der Waals surface area contributed by atoms with Crippen LogP contribution >= 0.6 is 11.6 Å². The van der Waals surface area contributed by atoms with Crippen LogP contribution in [0.15, 0.2) is 36.4 Å². The fraction of sp³-hybridized carbons (Fsp3) is 0.400. The Labute approximate surface area is 150 Å². The van der Waals surface area contributed by atoms with Crippen molar-refractivity contribution >= 4 is 39.9 Å². The Hall–Kier alpha value is -1.91. The number of hydrogen-bond donors (Lipinski definition) is 0. The van der Waals surface area contributed by atoms with Gasteiger partial charge in [0.15, 0.2) is 0 Å². The number of carbonyl (C=O) groups is 2. The summed E-state index contributed by atoms with van der Waals surface area (Å²) in [4.78, 5) is 27.9. The zero-order valence-electron chi connectivity index (χ0n) is 14.1. The van der Waals surface area contributed by atoms with Crippen molar-refractivity contribution in [2.45, 2.75) is 37.9 Å². The molecular formula is C20H18ClNO3.